The van der Waals surface area contributed by atoms with E-state index in [0.717, 1.165) is 15.4 Å². The maximum atomic E-state index is 12.9. The molecule has 0 unspecified atom stereocenters. The van der Waals surface area contributed by atoms with E-state index in [4.69, 9.17) is 4.52 Å². The van der Waals surface area contributed by atoms with Crippen LogP contribution in [0.5, 0.6) is 0 Å². The van der Waals surface area contributed by atoms with E-state index in [2.05, 4.69) is 10.1 Å². The number of sulfonamides is 1. The Bertz CT molecular complexity index is 1040. The molecule has 1 aromatic carbocycles. The van der Waals surface area contributed by atoms with E-state index in [9.17, 15) is 13.2 Å². The molecule has 1 amide bonds. The highest BCUT2D eigenvalue weighted by atomic mass is 32.2. The lowest BCUT2D eigenvalue weighted by Crippen LogP contribution is -2.31. The molecule has 0 spiro atoms. The molecule has 0 aliphatic rings. The second kappa shape index (κ2) is 7.49. The number of carbonyl (C=O) groups excluding carboxylic acids is 1. The van der Waals surface area contributed by atoms with Gasteiger partial charge in [0.05, 0.1) is 28.9 Å². The van der Waals surface area contributed by atoms with Crippen molar-refractivity contribution in [2.45, 2.75) is 6.54 Å². The number of amides is 1. The Balaban J connectivity index is 1.80. The van der Waals surface area contributed by atoms with Gasteiger partial charge in [0.1, 0.15) is 0 Å². The van der Waals surface area contributed by atoms with E-state index in [1.165, 1.54) is 23.3 Å². The van der Waals surface area contributed by atoms with Crippen LogP contribution in [0.25, 0.3) is 10.7 Å². The molecule has 0 N–H and O–H groups in total. The monoisotopic (exact) mass is 406 g/mol. The zero-order chi connectivity index (χ0) is 19.6. The first kappa shape index (κ1) is 19.1. The summed E-state index contributed by atoms with van der Waals surface area (Å²) in [5.74, 6) is 0.415. The van der Waals surface area contributed by atoms with Gasteiger partial charge in [0, 0.05) is 14.1 Å². The summed E-state index contributed by atoms with van der Waals surface area (Å²) in [7, 11) is -0.494. The van der Waals surface area contributed by atoms with Gasteiger partial charge in [-0.15, -0.1) is 11.3 Å². The number of hydrogen-bond acceptors (Lipinski definition) is 7. The van der Waals surface area contributed by atoms with E-state index >= 15 is 0 Å². The van der Waals surface area contributed by atoms with Crippen LogP contribution in [-0.2, 0) is 16.6 Å². The highest BCUT2D eigenvalue weighted by Gasteiger charge is 2.23. The van der Waals surface area contributed by atoms with Crippen molar-refractivity contribution >= 4 is 33.0 Å². The second-order valence-electron chi connectivity index (χ2n) is 5.90. The minimum atomic E-state index is -3.50. The number of carbonyl (C=O) groups is 1. The van der Waals surface area contributed by atoms with Crippen LogP contribution in [0.3, 0.4) is 0 Å². The van der Waals surface area contributed by atoms with Crippen molar-refractivity contribution in [2.75, 3.05) is 24.7 Å². The Morgan fingerprint density at radius 1 is 1.19 bits per heavy atom. The Morgan fingerprint density at radius 2 is 1.93 bits per heavy atom. The number of nitrogens with zero attached hydrogens (tertiary/aromatic N) is 4. The predicted molar refractivity (Wildman–Crippen MR) is 103 cm³/mol. The molecule has 0 bridgehead atoms. The van der Waals surface area contributed by atoms with Crippen LogP contribution < -0.4 is 4.31 Å². The molecule has 0 fully saturated rings. The highest BCUT2D eigenvalue weighted by Crippen LogP contribution is 2.24. The van der Waals surface area contributed by atoms with Crippen molar-refractivity contribution in [2.24, 2.45) is 0 Å². The molecule has 142 valence electrons. The predicted octanol–water partition coefficient (Wildman–Crippen LogP) is 2.47. The number of rotatable bonds is 6. The summed E-state index contributed by atoms with van der Waals surface area (Å²) in [6.07, 6.45) is 1.09. The van der Waals surface area contributed by atoms with E-state index in [-0.39, 0.29) is 18.0 Å². The Labute approximate surface area is 161 Å². The third kappa shape index (κ3) is 4.17. The summed E-state index contributed by atoms with van der Waals surface area (Å²) in [4.78, 5) is 19.4. The third-order valence-corrected chi connectivity index (χ3v) is 5.96. The van der Waals surface area contributed by atoms with Crippen molar-refractivity contribution in [1.82, 2.24) is 15.0 Å². The van der Waals surface area contributed by atoms with E-state index in [1.807, 2.05) is 17.5 Å². The Kier molecular flexibility index (Phi) is 5.29. The lowest BCUT2D eigenvalue weighted by molar-refractivity contribution is 0.0770. The average Bonchev–Trinajstić information content (AvgIpc) is 3.31. The van der Waals surface area contributed by atoms with Crippen LogP contribution in [0, 0.1) is 0 Å². The molecular weight excluding hydrogens is 388 g/mol. The minimum Gasteiger partial charge on any atom is -0.337 e. The third-order valence-electron chi connectivity index (χ3n) is 3.90. The van der Waals surface area contributed by atoms with Crippen molar-refractivity contribution in [3.8, 4) is 10.7 Å². The zero-order valence-corrected chi connectivity index (χ0v) is 16.6. The fourth-order valence-electron chi connectivity index (χ4n) is 2.41. The molecule has 0 radical (unpaired) electrons. The lowest BCUT2D eigenvalue weighted by Gasteiger charge is -2.22. The van der Waals surface area contributed by atoms with Gasteiger partial charge in [-0.1, -0.05) is 23.4 Å². The van der Waals surface area contributed by atoms with Gasteiger partial charge in [0.2, 0.25) is 21.7 Å². The van der Waals surface area contributed by atoms with Crippen molar-refractivity contribution < 1.29 is 17.7 Å². The van der Waals surface area contributed by atoms with Gasteiger partial charge in [-0.25, -0.2) is 8.42 Å². The summed E-state index contributed by atoms with van der Waals surface area (Å²) < 4.78 is 30.0. The first-order valence-electron chi connectivity index (χ1n) is 7.92. The van der Waals surface area contributed by atoms with E-state index in [1.54, 1.807) is 31.3 Å². The zero-order valence-electron chi connectivity index (χ0n) is 15.0. The Morgan fingerprint density at radius 3 is 2.59 bits per heavy atom. The lowest BCUT2D eigenvalue weighted by atomic mass is 10.1. The van der Waals surface area contributed by atoms with Gasteiger partial charge in [-0.3, -0.25) is 9.10 Å². The molecule has 0 saturated carbocycles. The largest absolute Gasteiger partial charge is 0.337 e. The standard InChI is InChI=1S/C17H18N4O4S2/c1-20(11-15-18-16(19-25-15)14-9-6-10-26-14)17(22)12-7-4-5-8-13(12)21(2)27(3,23)24/h4-10H,11H2,1-3H3. The molecule has 0 saturated heterocycles. The molecule has 27 heavy (non-hydrogen) atoms. The SMILES string of the molecule is CN(Cc1nc(-c2cccs2)no1)C(=O)c1ccccc1N(C)S(C)(=O)=O. The molecule has 3 aromatic rings. The van der Waals surface area contributed by atoms with E-state index < -0.39 is 10.0 Å². The fourth-order valence-corrected chi connectivity index (χ4v) is 3.58. The Hall–Kier alpha value is -2.72. The van der Waals surface area contributed by atoms with Gasteiger partial charge in [-0.05, 0) is 23.6 Å². The summed E-state index contributed by atoms with van der Waals surface area (Å²) in [5, 5.41) is 5.83. The average molecular weight is 406 g/mol. The number of para-hydroxylation sites is 1. The quantitative estimate of drug-likeness (QED) is 0.624. The van der Waals surface area contributed by atoms with Gasteiger partial charge < -0.3 is 9.42 Å². The van der Waals surface area contributed by atoms with Crippen molar-refractivity contribution in [3.05, 3.63) is 53.2 Å². The molecule has 0 atom stereocenters. The number of benzene rings is 1. The van der Waals surface area contributed by atoms with Crippen molar-refractivity contribution in [1.29, 1.82) is 0 Å². The van der Waals surface area contributed by atoms with Crippen LogP contribution >= 0.6 is 11.3 Å². The van der Waals surface area contributed by atoms with Gasteiger partial charge in [0.25, 0.3) is 5.91 Å². The number of aromatic nitrogens is 2. The summed E-state index contributed by atoms with van der Waals surface area (Å²) in [5.41, 5.74) is 0.576. The molecule has 10 heteroatoms. The number of hydrogen-bond donors (Lipinski definition) is 0. The maximum Gasteiger partial charge on any atom is 0.256 e. The van der Waals surface area contributed by atoms with Crippen LogP contribution in [-0.4, -0.2) is 49.7 Å². The first-order valence-corrected chi connectivity index (χ1v) is 10.6. The number of thiophene rings is 1. The van der Waals surface area contributed by atoms with Gasteiger partial charge >= 0.3 is 0 Å². The maximum absolute atomic E-state index is 12.9. The topological polar surface area (TPSA) is 96.6 Å². The minimum absolute atomic E-state index is 0.105. The molecule has 0 aliphatic heterocycles. The van der Waals surface area contributed by atoms with Crippen molar-refractivity contribution in [3.63, 3.8) is 0 Å². The first-order chi connectivity index (χ1) is 12.8. The highest BCUT2D eigenvalue weighted by molar-refractivity contribution is 7.92. The summed E-state index contributed by atoms with van der Waals surface area (Å²) in [6, 6.07) is 10.3. The molecule has 0 aliphatic carbocycles. The fraction of sp³-hybridized carbons (Fsp3) is 0.235. The van der Waals surface area contributed by atoms with Crippen LogP contribution in [0.15, 0.2) is 46.3 Å². The second-order valence-corrected chi connectivity index (χ2v) is 8.86. The van der Waals surface area contributed by atoms with Crippen LogP contribution in [0.1, 0.15) is 16.2 Å². The van der Waals surface area contributed by atoms with Gasteiger partial charge in [-0.2, -0.15) is 4.98 Å². The van der Waals surface area contributed by atoms with Crippen LogP contribution in [0.2, 0.25) is 0 Å². The molecule has 3 rings (SSSR count). The molecule has 2 heterocycles. The molecular formula is C17H18N4O4S2. The van der Waals surface area contributed by atoms with Gasteiger partial charge in [0.15, 0.2) is 0 Å². The van der Waals surface area contributed by atoms with E-state index in [0.29, 0.717) is 17.4 Å². The number of anilines is 1. The summed E-state index contributed by atoms with van der Waals surface area (Å²) in [6.45, 7) is 0.105. The molecule has 8 nitrogen and oxygen atoms in total. The summed E-state index contributed by atoms with van der Waals surface area (Å²) >= 11 is 1.49. The normalized spacial score (nSPS) is 11.4. The van der Waals surface area contributed by atoms with Crippen LogP contribution in [0.4, 0.5) is 5.69 Å². The smallest absolute Gasteiger partial charge is 0.256 e. The molecule has 2 aromatic heterocycles.